The van der Waals surface area contributed by atoms with Gasteiger partial charge in [-0.05, 0) is 0 Å². The molecule has 0 bridgehead atoms. The Bertz CT molecular complexity index is 37.8. The third-order valence-corrected chi connectivity index (χ3v) is 0.462. The summed E-state index contributed by atoms with van der Waals surface area (Å²) in [6.45, 7) is 0. The van der Waals surface area contributed by atoms with Crippen molar-refractivity contribution in [2.24, 2.45) is 0 Å². The minimum atomic E-state index is 0.370. The summed E-state index contributed by atoms with van der Waals surface area (Å²) >= 11 is 0.370. The Kier molecular flexibility index (Phi) is 3.38. The number of hydrogen-bond donors (Lipinski definition) is 0. The summed E-state index contributed by atoms with van der Waals surface area (Å²) in [6, 6.07) is 0. The standard InChI is InChI=1S/CHNO.Tl/c2-1-3;/h3H;/q;+1/p-1. The van der Waals surface area contributed by atoms with Crippen LogP contribution in [0.2, 0.25) is 0 Å². The zero-order chi connectivity index (χ0) is 3.41. The van der Waals surface area contributed by atoms with Crippen molar-refractivity contribution < 1.29 is 2.69 Å². The van der Waals surface area contributed by atoms with Crippen LogP contribution < -0.4 is 0 Å². The zero-order valence-corrected chi connectivity index (χ0v) is 6.42. The normalized spacial score (nSPS) is 3.50. The quantitative estimate of drug-likeness (QED) is 0.429. The van der Waals surface area contributed by atoms with Crippen LogP contribution in [0, 0.1) is 11.5 Å². The molecule has 0 aromatic heterocycles. The van der Waals surface area contributed by atoms with Gasteiger partial charge in [0.25, 0.3) is 0 Å². The Morgan fingerprint density at radius 3 is 2.25 bits per heavy atom. The van der Waals surface area contributed by atoms with E-state index in [4.69, 9.17) is 5.26 Å². The van der Waals surface area contributed by atoms with Crippen molar-refractivity contribution in [1.82, 2.24) is 0 Å². The maximum absolute atomic E-state index is 7.44. The van der Waals surface area contributed by atoms with Crippen molar-refractivity contribution in [3.8, 4) is 6.26 Å². The summed E-state index contributed by atoms with van der Waals surface area (Å²) < 4.78 is 4.01. The molecule has 0 N–H and O–H groups in total. The van der Waals surface area contributed by atoms with Crippen molar-refractivity contribution in [2.45, 2.75) is 0 Å². The summed E-state index contributed by atoms with van der Waals surface area (Å²) in [7, 11) is 0. The van der Waals surface area contributed by atoms with Crippen molar-refractivity contribution in [3.05, 3.63) is 0 Å². The molecule has 3 heteroatoms. The van der Waals surface area contributed by atoms with Crippen LogP contribution >= 0.6 is 0 Å². The van der Waals surface area contributed by atoms with Crippen LogP contribution in [0.25, 0.3) is 0 Å². The van der Waals surface area contributed by atoms with Crippen LogP contribution in [-0.2, 0) is 2.69 Å². The van der Waals surface area contributed by atoms with Crippen LogP contribution in [0.4, 0.5) is 0 Å². The second-order valence-electron chi connectivity index (χ2n) is 0.209. The number of nitriles is 1. The van der Waals surface area contributed by atoms with Crippen LogP contribution in [0.15, 0.2) is 0 Å². The molecule has 0 aliphatic heterocycles. The fourth-order valence-electron chi connectivity index (χ4n) is 0. The number of hydrogen-bond acceptors (Lipinski definition) is 2. The monoisotopic (exact) mass is 247 g/mol. The van der Waals surface area contributed by atoms with Gasteiger partial charge in [0, 0.05) is 0 Å². The molecule has 4 heavy (non-hydrogen) atoms. The van der Waals surface area contributed by atoms with Crippen molar-refractivity contribution in [1.29, 1.82) is 5.26 Å². The first-order valence-corrected chi connectivity index (χ1v) is 2.50. The molecule has 18 valence electrons. The molecule has 0 aromatic rings. The Hall–Kier alpha value is 0.212. The van der Waals surface area contributed by atoms with E-state index in [0.29, 0.717) is 26.2 Å². The van der Waals surface area contributed by atoms with E-state index in [-0.39, 0.29) is 0 Å². The summed E-state index contributed by atoms with van der Waals surface area (Å²) in [5.41, 5.74) is 0. The van der Waals surface area contributed by atoms with Gasteiger partial charge in [0.15, 0.2) is 0 Å². The maximum atomic E-state index is 7.44. The zero-order valence-electron chi connectivity index (χ0n) is 1.93. The molecule has 0 aliphatic rings. The van der Waals surface area contributed by atoms with Gasteiger partial charge in [0.1, 0.15) is 0 Å². The number of rotatable bonds is 0. The first-order chi connectivity index (χ1) is 1.91. The summed E-state index contributed by atoms with van der Waals surface area (Å²) in [5, 5.41) is 7.44. The van der Waals surface area contributed by atoms with Gasteiger partial charge < -0.3 is 0 Å². The third kappa shape index (κ3) is 2.21. The van der Waals surface area contributed by atoms with Gasteiger partial charge in [-0.1, -0.05) is 0 Å². The van der Waals surface area contributed by atoms with E-state index >= 15 is 0 Å². The van der Waals surface area contributed by atoms with Gasteiger partial charge in [-0.2, -0.15) is 0 Å². The van der Waals surface area contributed by atoms with Crippen molar-refractivity contribution in [3.63, 3.8) is 0 Å². The van der Waals surface area contributed by atoms with Gasteiger partial charge in [0.05, 0.1) is 0 Å². The van der Waals surface area contributed by atoms with E-state index in [2.05, 4.69) is 2.69 Å². The Balaban J connectivity index is 2.43. The fraction of sp³-hybridized carbons (Fsp3) is 0. The van der Waals surface area contributed by atoms with E-state index in [9.17, 15) is 0 Å². The van der Waals surface area contributed by atoms with Crippen LogP contribution in [0.3, 0.4) is 0 Å². The Morgan fingerprint density at radius 2 is 2.25 bits per heavy atom. The SMILES string of the molecule is N#C[O][Tl]. The summed E-state index contributed by atoms with van der Waals surface area (Å²) in [6.07, 6.45) is 1.50. The minimum absolute atomic E-state index is 0.370. The summed E-state index contributed by atoms with van der Waals surface area (Å²) in [5.74, 6) is 0. The molecular weight excluding hydrogens is 246 g/mol. The molecule has 0 heterocycles. The van der Waals surface area contributed by atoms with E-state index in [1.54, 1.807) is 0 Å². The molecule has 0 fully saturated rings. The third-order valence-electron chi connectivity index (χ3n) is 0.0527. The Labute approximate surface area is 40.7 Å². The topological polar surface area (TPSA) is 33.0 Å². The van der Waals surface area contributed by atoms with Crippen molar-refractivity contribution >= 4 is 26.2 Å². The molecule has 0 rings (SSSR count). The molecule has 0 atom stereocenters. The molecule has 2 nitrogen and oxygen atoms in total. The summed E-state index contributed by atoms with van der Waals surface area (Å²) in [4.78, 5) is 0. The van der Waals surface area contributed by atoms with Gasteiger partial charge in [-0.3, -0.25) is 0 Å². The molecular formula is CNOTl. The number of nitrogens with zero attached hydrogens (tertiary/aromatic N) is 1. The predicted octanol–water partition coefficient (Wildman–Crippen LogP) is -0.432. The van der Waals surface area contributed by atoms with Gasteiger partial charge in [-0.15, -0.1) is 0 Å². The molecule has 0 radical (unpaired) electrons. The molecule has 0 saturated heterocycles. The second-order valence-corrected chi connectivity index (χ2v) is 1.13. The molecule has 0 saturated carbocycles. The molecule has 0 unspecified atom stereocenters. The average Bonchev–Trinajstić information content (AvgIpc) is 1.37. The van der Waals surface area contributed by atoms with Crippen LogP contribution in [0.1, 0.15) is 0 Å². The Morgan fingerprint density at radius 1 is 2.00 bits per heavy atom. The molecule has 0 spiro atoms. The van der Waals surface area contributed by atoms with Crippen LogP contribution in [-0.4, -0.2) is 26.2 Å². The first-order valence-electron chi connectivity index (χ1n) is 0.663. The van der Waals surface area contributed by atoms with E-state index in [0.717, 1.165) is 0 Å². The average molecular weight is 246 g/mol. The molecule has 0 amide bonds. The fourth-order valence-corrected chi connectivity index (χ4v) is 0. The van der Waals surface area contributed by atoms with E-state index < -0.39 is 0 Å². The van der Waals surface area contributed by atoms with Gasteiger partial charge in [-0.25, -0.2) is 0 Å². The molecule has 0 aliphatic carbocycles. The first kappa shape index (κ1) is 4.21. The second kappa shape index (κ2) is 3.21. The van der Waals surface area contributed by atoms with Crippen molar-refractivity contribution in [2.75, 3.05) is 0 Å². The van der Waals surface area contributed by atoms with Gasteiger partial charge >= 0.3 is 40.4 Å². The molecule has 0 aromatic carbocycles. The van der Waals surface area contributed by atoms with Crippen LogP contribution in [0.5, 0.6) is 0 Å². The van der Waals surface area contributed by atoms with E-state index in [1.807, 2.05) is 0 Å². The van der Waals surface area contributed by atoms with Gasteiger partial charge in [0.2, 0.25) is 0 Å². The predicted molar refractivity (Wildman–Crippen MR) is 12.5 cm³/mol. The van der Waals surface area contributed by atoms with E-state index in [1.165, 1.54) is 6.26 Å².